The van der Waals surface area contributed by atoms with E-state index in [2.05, 4.69) is 0 Å². The molecular formula is C6H9NO2. The maximum absolute atomic E-state index is 10.9. The zero-order valence-corrected chi connectivity index (χ0v) is 5.76. The van der Waals surface area contributed by atoms with Gasteiger partial charge in [0.1, 0.15) is 5.76 Å². The molecule has 0 amide bonds. The van der Waals surface area contributed by atoms with Crippen LogP contribution in [-0.4, -0.2) is 4.74 Å². The summed E-state index contributed by atoms with van der Waals surface area (Å²) in [6.07, 6.45) is 0. The zero-order valence-electron chi connectivity index (χ0n) is 5.76. The summed E-state index contributed by atoms with van der Waals surface area (Å²) in [6.45, 7) is 3.53. The Morgan fingerprint density at radius 2 is 2.00 bits per heavy atom. The second kappa shape index (κ2) is 1.76. The van der Waals surface area contributed by atoms with Gasteiger partial charge in [-0.25, -0.2) is 0 Å². The molecule has 0 fully saturated rings. The van der Waals surface area contributed by atoms with Gasteiger partial charge < -0.3 is 4.52 Å². The van der Waals surface area contributed by atoms with Crippen molar-refractivity contribution in [2.24, 2.45) is 7.05 Å². The summed E-state index contributed by atoms with van der Waals surface area (Å²) >= 11 is 0. The molecule has 1 aromatic rings. The first kappa shape index (κ1) is 6.13. The molecule has 0 aliphatic heterocycles. The Kier molecular flexibility index (Phi) is 1.20. The highest BCUT2D eigenvalue weighted by Gasteiger charge is 2.03. The predicted molar refractivity (Wildman–Crippen MR) is 33.4 cm³/mol. The van der Waals surface area contributed by atoms with Gasteiger partial charge in [0.15, 0.2) is 0 Å². The van der Waals surface area contributed by atoms with Crippen LogP contribution in [0.3, 0.4) is 0 Å². The lowest BCUT2D eigenvalue weighted by atomic mass is 10.3. The van der Waals surface area contributed by atoms with Gasteiger partial charge in [-0.3, -0.25) is 4.79 Å². The van der Waals surface area contributed by atoms with Crippen molar-refractivity contribution in [3.63, 3.8) is 0 Å². The molecule has 0 aliphatic rings. The Hall–Kier alpha value is -0.990. The third-order valence-electron chi connectivity index (χ3n) is 1.41. The second-order valence-corrected chi connectivity index (χ2v) is 2.08. The van der Waals surface area contributed by atoms with E-state index in [4.69, 9.17) is 4.52 Å². The van der Waals surface area contributed by atoms with Crippen molar-refractivity contribution < 1.29 is 4.52 Å². The molecule has 0 radical (unpaired) electrons. The van der Waals surface area contributed by atoms with Crippen LogP contribution in [0.25, 0.3) is 0 Å². The molecule has 1 aromatic heterocycles. The Morgan fingerprint density at radius 3 is 2.11 bits per heavy atom. The van der Waals surface area contributed by atoms with Gasteiger partial charge in [0.25, 0.3) is 5.56 Å². The number of rotatable bonds is 0. The summed E-state index contributed by atoms with van der Waals surface area (Å²) < 4.78 is 6.18. The molecule has 0 saturated carbocycles. The van der Waals surface area contributed by atoms with E-state index in [9.17, 15) is 4.79 Å². The van der Waals surface area contributed by atoms with Gasteiger partial charge in [-0.2, -0.15) is 4.74 Å². The first-order valence-corrected chi connectivity index (χ1v) is 2.76. The van der Waals surface area contributed by atoms with Crippen LogP contribution in [0.4, 0.5) is 0 Å². The minimum Gasteiger partial charge on any atom is -0.381 e. The molecule has 3 nitrogen and oxygen atoms in total. The lowest BCUT2D eigenvalue weighted by molar-refractivity contribution is 0.283. The van der Waals surface area contributed by atoms with Gasteiger partial charge >= 0.3 is 0 Å². The third-order valence-corrected chi connectivity index (χ3v) is 1.41. The molecule has 1 heterocycles. The summed E-state index contributed by atoms with van der Waals surface area (Å²) in [5, 5.41) is 0. The van der Waals surface area contributed by atoms with Crippen LogP contribution in [0.1, 0.15) is 11.3 Å². The van der Waals surface area contributed by atoms with Crippen molar-refractivity contribution in [1.82, 2.24) is 4.74 Å². The lowest BCUT2D eigenvalue weighted by Crippen LogP contribution is -2.11. The SMILES string of the molecule is Cc1on(C)c(=O)c1C. The van der Waals surface area contributed by atoms with Gasteiger partial charge in [0.2, 0.25) is 0 Å². The van der Waals surface area contributed by atoms with Gasteiger partial charge in [-0.15, -0.1) is 0 Å². The Labute approximate surface area is 52.9 Å². The Bertz CT molecular complexity index is 269. The summed E-state index contributed by atoms with van der Waals surface area (Å²) in [5.41, 5.74) is 0.644. The van der Waals surface area contributed by atoms with Crippen LogP contribution in [0.15, 0.2) is 9.32 Å². The maximum atomic E-state index is 10.9. The molecule has 0 bridgehead atoms. The number of hydrogen-bond acceptors (Lipinski definition) is 2. The van der Waals surface area contributed by atoms with E-state index in [0.29, 0.717) is 11.3 Å². The van der Waals surface area contributed by atoms with Crippen LogP contribution in [0, 0.1) is 13.8 Å². The molecule has 0 saturated heterocycles. The molecule has 0 aliphatic carbocycles. The van der Waals surface area contributed by atoms with Crippen molar-refractivity contribution in [2.75, 3.05) is 0 Å². The highest BCUT2D eigenvalue weighted by atomic mass is 16.5. The van der Waals surface area contributed by atoms with Crippen molar-refractivity contribution >= 4 is 0 Å². The van der Waals surface area contributed by atoms with Crippen molar-refractivity contribution in [3.8, 4) is 0 Å². The molecule has 0 unspecified atom stereocenters. The maximum Gasteiger partial charge on any atom is 0.285 e. The Balaban J connectivity index is 3.48. The van der Waals surface area contributed by atoms with E-state index >= 15 is 0 Å². The van der Waals surface area contributed by atoms with Gasteiger partial charge in [0.05, 0.1) is 5.56 Å². The molecule has 0 N–H and O–H groups in total. The lowest BCUT2D eigenvalue weighted by Gasteiger charge is -1.80. The summed E-state index contributed by atoms with van der Waals surface area (Å²) in [7, 11) is 1.60. The third kappa shape index (κ3) is 0.781. The number of hydrogen-bond donors (Lipinski definition) is 0. The summed E-state index contributed by atoms with van der Waals surface area (Å²) in [5.74, 6) is 0.697. The van der Waals surface area contributed by atoms with E-state index in [1.165, 1.54) is 4.74 Å². The molecule has 50 valence electrons. The van der Waals surface area contributed by atoms with Crippen LogP contribution in [0.2, 0.25) is 0 Å². The topological polar surface area (TPSA) is 35.1 Å². The fraction of sp³-hybridized carbons (Fsp3) is 0.500. The standard InChI is InChI=1S/C6H9NO2/c1-4-5(2)9-7(3)6(4)8/h1-3H3. The van der Waals surface area contributed by atoms with Crippen molar-refractivity contribution in [3.05, 3.63) is 21.7 Å². The molecule has 0 spiro atoms. The van der Waals surface area contributed by atoms with Crippen LogP contribution in [0.5, 0.6) is 0 Å². The van der Waals surface area contributed by atoms with Crippen molar-refractivity contribution in [2.45, 2.75) is 13.8 Å². The van der Waals surface area contributed by atoms with E-state index in [0.717, 1.165) is 0 Å². The van der Waals surface area contributed by atoms with E-state index < -0.39 is 0 Å². The monoisotopic (exact) mass is 127 g/mol. The van der Waals surface area contributed by atoms with Crippen LogP contribution < -0.4 is 5.56 Å². The number of aromatic nitrogens is 1. The minimum absolute atomic E-state index is 0.0486. The van der Waals surface area contributed by atoms with Gasteiger partial charge in [-0.1, -0.05) is 0 Å². The minimum atomic E-state index is -0.0486. The molecule has 0 atom stereocenters. The first-order chi connectivity index (χ1) is 4.13. The fourth-order valence-corrected chi connectivity index (χ4v) is 0.702. The highest BCUT2D eigenvalue weighted by Crippen LogP contribution is 1.97. The van der Waals surface area contributed by atoms with Crippen LogP contribution >= 0.6 is 0 Å². The normalized spacial score (nSPS) is 10.1. The van der Waals surface area contributed by atoms with Gasteiger partial charge in [0, 0.05) is 7.05 Å². The second-order valence-electron chi connectivity index (χ2n) is 2.08. The Morgan fingerprint density at radius 1 is 1.44 bits per heavy atom. The smallest absolute Gasteiger partial charge is 0.285 e. The number of nitrogens with zero attached hydrogens (tertiary/aromatic N) is 1. The van der Waals surface area contributed by atoms with Crippen LogP contribution in [-0.2, 0) is 7.05 Å². The predicted octanol–water partition coefficient (Wildman–Crippen LogP) is 0.595. The molecular weight excluding hydrogens is 118 g/mol. The number of aryl methyl sites for hydroxylation is 2. The summed E-state index contributed by atoms with van der Waals surface area (Å²) in [6, 6.07) is 0. The molecule has 3 heteroatoms. The largest absolute Gasteiger partial charge is 0.381 e. The van der Waals surface area contributed by atoms with E-state index in [-0.39, 0.29) is 5.56 Å². The van der Waals surface area contributed by atoms with Gasteiger partial charge in [-0.05, 0) is 13.8 Å². The average molecular weight is 127 g/mol. The molecule has 9 heavy (non-hydrogen) atoms. The summed E-state index contributed by atoms with van der Waals surface area (Å²) in [4.78, 5) is 10.9. The quantitative estimate of drug-likeness (QED) is 0.511. The zero-order chi connectivity index (χ0) is 7.02. The first-order valence-electron chi connectivity index (χ1n) is 2.76. The highest BCUT2D eigenvalue weighted by molar-refractivity contribution is 5.08. The molecule has 1 rings (SSSR count). The molecule has 0 aromatic carbocycles. The van der Waals surface area contributed by atoms with E-state index in [1.54, 1.807) is 20.9 Å². The van der Waals surface area contributed by atoms with E-state index in [1.807, 2.05) is 0 Å². The van der Waals surface area contributed by atoms with Crippen molar-refractivity contribution in [1.29, 1.82) is 0 Å². The fourth-order valence-electron chi connectivity index (χ4n) is 0.702. The average Bonchev–Trinajstić information content (AvgIpc) is 1.98.